The third-order valence-electron chi connectivity index (χ3n) is 5.45. The summed E-state index contributed by atoms with van der Waals surface area (Å²) in [6, 6.07) is 19.6. The first kappa shape index (κ1) is 20.1. The van der Waals surface area contributed by atoms with Crippen LogP contribution in [0.2, 0.25) is 5.02 Å². The van der Waals surface area contributed by atoms with E-state index in [0.29, 0.717) is 46.3 Å². The van der Waals surface area contributed by atoms with Crippen LogP contribution in [0, 0.1) is 0 Å². The number of halogens is 1. The summed E-state index contributed by atoms with van der Waals surface area (Å²) in [7, 11) is 1.59. The van der Waals surface area contributed by atoms with Gasteiger partial charge in [0.15, 0.2) is 0 Å². The number of nitrogens with one attached hydrogen (secondary N) is 1. The van der Waals surface area contributed by atoms with Gasteiger partial charge in [0, 0.05) is 29.4 Å². The Morgan fingerprint density at radius 3 is 2.34 bits per heavy atom. The standard InChI is InChI=1S/C24H19ClN4O3/c1-32-19-9-7-18(8-10-19)29-22(27-21-11-4-16(25)14-20(21)23(29)30)15-2-5-17(6-3-15)28-13-12-26-24(28)31/h2-11,14H,12-13H2,1H3,(H,26,31). The highest BCUT2D eigenvalue weighted by molar-refractivity contribution is 6.31. The number of urea groups is 1. The minimum absolute atomic E-state index is 0.117. The summed E-state index contributed by atoms with van der Waals surface area (Å²) in [5.74, 6) is 1.18. The summed E-state index contributed by atoms with van der Waals surface area (Å²) in [6.45, 7) is 1.23. The normalized spacial score (nSPS) is 13.4. The number of carbonyl (C=O) groups excluding carboxylic acids is 1. The molecule has 0 unspecified atom stereocenters. The first-order chi connectivity index (χ1) is 15.5. The van der Waals surface area contributed by atoms with Gasteiger partial charge in [-0.3, -0.25) is 14.3 Å². The molecule has 0 atom stereocenters. The zero-order chi connectivity index (χ0) is 22.2. The fourth-order valence-corrected chi connectivity index (χ4v) is 4.00. The fraction of sp³-hybridized carbons (Fsp3) is 0.125. The minimum Gasteiger partial charge on any atom is -0.497 e. The van der Waals surface area contributed by atoms with Crippen LogP contribution in [-0.2, 0) is 0 Å². The second-order valence-corrected chi connectivity index (χ2v) is 7.80. The van der Waals surface area contributed by atoms with Crippen LogP contribution in [0.25, 0.3) is 28.0 Å². The van der Waals surface area contributed by atoms with Crippen molar-refractivity contribution in [1.82, 2.24) is 14.9 Å². The number of hydrogen-bond donors (Lipinski definition) is 1. The molecule has 1 aromatic heterocycles. The summed E-state index contributed by atoms with van der Waals surface area (Å²) in [5.41, 5.74) is 2.53. The van der Waals surface area contributed by atoms with E-state index in [1.807, 2.05) is 36.4 Å². The number of amides is 2. The number of aromatic nitrogens is 2. The zero-order valence-corrected chi connectivity index (χ0v) is 18.0. The van der Waals surface area contributed by atoms with Gasteiger partial charge in [-0.2, -0.15) is 0 Å². The highest BCUT2D eigenvalue weighted by Gasteiger charge is 2.21. The maximum Gasteiger partial charge on any atom is 0.321 e. The maximum atomic E-state index is 13.5. The molecule has 1 aliphatic rings. The van der Waals surface area contributed by atoms with Crippen LogP contribution < -0.4 is 20.5 Å². The lowest BCUT2D eigenvalue weighted by Gasteiger charge is -2.17. The molecule has 1 fully saturated rings. The molecule has 0 bridgehead atoms. The van der Waals surface area contributed by atoms with Crippen molar-refractivity contribution >= 4 is 34.2 Å². The Balaban J connectivity index is 1.69. The molecule has 8 heteroatoms. The lowest BCUT2D eigenvalue weighted by Crippen LogP contribution is -2.27. The number of nitrogens with zero attached hydrogens (tertiary/aromatic N) is 3. The highest BCUT2D eigenvalue weighted by atomic mass is 35.5. The van der Waals surface area contributed by atoms with Gasteiger partial charge < -0.3 is 10.1 Å². The molecule has 3 aromatic carbocycles. The predicted molar refractivity (Wildman–Crippen MR) is 125 cm³/mol. The molecule has 160 valence electrons. The van der Waals surface area contributed by atoms with Gasteiger partial charge in [-0.15, -0.1) is 0 Å². The number of methoxy groups -OCH3 is 1. The van der Waals surface area contributed by atoms with Gasteiger partial charge in [-0.25, -0.2) is 9.78 Å². The Morgan fingerprint density at radius 1 is 0.969 bits per heavy atom. The molecule has 2 heterocycles. The molecule has 0 saturated carbocycles. The molecule has 0 spiro atoms. The average molecular weight is 447 g/mol. The largest absolute Gasteiger partial charge is 0.497 e. The van der Waals surface area contributed by atoms with Gasteiger partial charge >= 0.3 is 6.03 Å². The third kappa shape index (κ3) is 3.46. The molecule has 1 saturated heterocycles. The monoisotopic (exact) mass is 446 g/mol. The fourth-order valence-electron chi connectivity index (χ4n) is 3.83. The van der Waals surface area contributed by atoms with Crippen LogP contribution >= 0.6 is 11.6 Å². The van der Waals surface area contributed by atoms with Gasteiger partial charge in [-0.05, 0) is 66.7 Å². The molecule has 7 nitrogen and oxygen atoms in total. The van der Waals surface area contributed by atoms with Gasteiger partial charge in [0.25, 0.3) is 5.56 Å². The van der Waals surface area contributed by atoms with Crippen molar-refractivity contribution in [3.05, 3.63) is 82.1 Å². The van der Waals surface area contributed by atoms with E-state index < -0.39 is 0 Å². The van der Waals surface area contributed by atoms with E-state index in [1.165, 1.54) is 0 Å². The number of rotatable bonds is 4. The summed E-state index contributed by atoms with van der Waals surface area (Å²) in [4.78, 5) is 32.0. The van der Waals surface area contributed by atoms with Crippen molar-refractivity contribution in [1.29, 1.82) is 0 Å². The molecule has 4 aromatic rings. The van der Waals surface area contributed by atoms with Crippen molar-refractivity contribution < 1.29 is 9.53 Å². The molecule has 0 radical (unpaired) electrons. The van der Waals surface area contributed by atoms with Crippen LogP contribution in [0.4, 0.5) is 10.5 Å². The van der Waals surface area contributed by atoms with Crippen LogP contribution in [0.3, 0.4) is 0 Å². The van der Waals surface area contributed by atoms with Gasteiger partial charge in [0.2, 0.25) is 0 Å². The number of fused-ring (bicyclic) bond motifs is 1. The number of anilines is 1. The van der Waals surface area contributed by atoms with Crippen molar-refractivity contribution in [2.75, 3.05) is 25.1 Å². The molecular weight excluding hydrogens is 428 g/mol. The first-order valence-electron chi connectivity index (χ1n) is 10.1. The number of ether oxygens (including phenoxy) is 1. The van der Waals surface area contributed by atoms with Gasteiger partial charge in [-0.1, -0.05) is 11.6 Å². The summed E-state index contributed by atoms with van der Waals surface area (Å²) >= 11 is 6.15. The van der Waals surface area contributed by atoms with Crippen molar-refractivity contribution in [2.45, 2.75) is 0 Å². The molecule has 1 N–H and O–H groups in total. The molecule has 32 heavy (non-hydrogen) atoms. The molecule has 1 aliphatic heterocycles. The average Bonchev–Trinajstić information content (AvgIpc) is 3.25. The topological polar surface area (TPSA) is 76.5 Å². The quantitative estimate of drug-likeness (QED) is 0.508. The predicted octanol–water partition coefficient (Wildman–Crippen LogP) is 4.24. The highest BCUT2D eigenvalue weighted by Crippen LogP contribution is 2.27. The van der Waals surface area contributed by atoms with Crippen LogP contribution in [-0.4, -0.2) is 35.8 Å². The molecule has 5 rings (SSSR count). The Hall–Kier alpha value is -3.84. The number of carbonyl (C=O) groups is 1. The van der Waals surface area contributed by atoms with E-state index >= 15 is 0 Å². The minimum atomic E-state index is -0.222. The summed E-state index contributed by atoms with van der Waals surface area (Å²) in [6.07, 6.45) is 0. The Bertz CT molecular complexity index is 1380. The lowest BCUT2D eigenvalue weighted by molar-refractivity contribution is 0.252. The van der Waals surface area contributed by atoms with E-state index in [4.69, 9.17) is 21.3 Å². The van der Waals surface area contributed by atoms with Crippen molar-refractivity contribution in [2.24, 2.45) is 0 Å². The molecule has 2 amide bonds. The smallest absolute Gasteiger partial charge is 0.321 e. The van der Waals surface area contributed by atoms with Crippen LogP contribution in [0.15, 0.2) is 71.5 Å². The maximum absolute atomic E-state index is 13.5. The Morgan fingerprint density at radius 2 is 1.69 bits per heavy atom. The second kappa shape index (κ2) is 8.01. The summed E-state index contributed by atoms with van der Waals surface area (Å²) < 4.78 is 6.81. The van der Waals surface area contributed by atoms with Crippen LogP contribution in [0.5, 0.6) is 5.75 Å². The van der Waals surface area contributed by atoms with Crippen molar-refractivity contribution in [3.63, 3.8) is 0 Å². The number of hydrogen-bond acceptors (Lipinski definition) is 4. The van der Waals surface area contributed by atoms with Gasteiger partial charge in [0.1, 0.15) is 11.6 Å². The van der Waals surface area contributed by atoms with Crippen LogP contribution in [0.1, 0.15) is 0 Å². The van der Waals surface area contributed by atoms with E-state index in [1.54, 1.807) is 46.9 Å². The van der Waals surface area contributed by atoms with Gasteiger partial charge in [0.05, 0.1) is 23.7 Å². The van der Waals surface area contributed by atoms with Crippen molar-refractivity contribution in [3.8, 4) is 22.8 Å². The third-order valence-corrected chi connectivity index (χ3v) is 5.69. The Labute approximate surface area is 188 Å². The zero-order valence-electron chi connectivity index (χ0n) is 17.2. The lowest BCUT2D eigenvalue weighted by atomic mass is 10.1. The Kier molecular flexibility index (Phi) is 5.03. The molecule has 0 aliphatic carbocycles. The SMILES string of the molecule is COc1ccc(-n2c(-c3ccc(N4CCNC4=O)cc3)nc3ccc(Cl)cc3c2=O)cc1. The van der Waals surface area contributed by atoms with E-state index in [0.717, 1.165) is 11.3 Å². The first-order valence-corrected chi connectivity index (χ1v) is 10.5. The number of benzene rings is 3. The van der Waals surface area contributed by atoms with E-state index in [-0.39, 0.29) is 11.6 Å². The van der Waals surface area contributed by atoms with E-state index in [9.17, 15) is 9.59 Å². The second-order valence-electron chi connectivity index (χ2n) is 7.37. The molecular formula is C24H19ClN4O3. The van der Waals surface area contributed by atoms with E-state index in [2.05, 4.69) is 5.32 Å². The summed E-state index contributed by atoms with van der Waals surface area (Å²) in [5, 5.41) is 3.70.